The smallest absolute Gasteiger partial charge is 0.226 e. The van der Waals surface area contributed by atoms with Gasteiger partial charge in [0.1, 0.15) is 11.3 Å². The Bertz CT molecular complexity index is 2300. The molecule has 210 valence electrons. The molecule has 0 unspecified atom stereocenters. The molecule has 0 atom stereocenters. The van der Waals surface area contributed by atoms with Gasteiger partial charge in [-0.05, 0) is 90.4 Å². The molecule has 0 saturated carbocycles. The fraction of sp³-hybridized carbons (Fsp3) is 0.0769. The van der Waals surface area contributed by atoms with Gasteiger partial charge in [-0.2, -0.15) is 5.26 Å². The van der Waals surface area contributed by atoms with Crippen molar-refractivity contribution in [2.45, 2.75) is 12.8 Å². The summed E-state index contributed by atoms with van der Waals surface area (Å²) >= 11 is 0. The van der Waals surface area contributed by atoms with Crippen molar-refractivity contribution in [3.8, 4) is 17.2 Å². The first-order valence-corrected chi connectivity index (χ1v) is 14.8. The lowest BCUT2D eigenvalue weighted by Crippen LogP contribution is -2.18. The van der Waals surface area contributed by atoms with Gasteiger partial charge >= 0.3 is 0 Å². The quantitative estimate of drug-likeness (QED) is 0.194. The van der Waals surface area contributed by atoms with Gasteiger partial charge in [-0.15, -0.1) is 0 Å². The third-order valence-corrected chi connectivity index (χ3v) is 8.52. The lowest BCUT2D eigenvalue weighted by molar-refractivity contribution is 0.610. The Morgan fingerprint density at radius 2 is 1.66 bits per heavy atom. The fourth-order valence-corrected chi connectivity index (χ4v) is 6.43. The Balaban J connectivity index is 1.21. The zero-order valence-corrected chi connectivity index (χ0v) is 24.1. The molecule has 1 aliphatic heterocycles. The number of fused-ring (bicyclic) bond motifs is 4. The van der Waals surface area contributed by atoms with Gasteiger partial charge in [0.05, 0.1) is 22.7 Å². The number of anilines is 1. The van der Waals surface area contributed by atoms with Gasteiger partial charge in [0, 0.05) is 34.6 Å². The Morgan fingerprint density at radius 1 is 0.773 bits per heavy atom. The van der Waals surface area contributed by atoms with E-state index in [0.29, 0.717) is 18.0 Å². The number of allylic oxidation sites excluding steroid dienone is 6. The van der Waals surface area contributed by atoms with Gasteiger partial charge in [-0.1, -0.05) is 66.8 Å². The molecule has 2 aromatic heterocycles. The van der Waals surface area contributed by atoms with Crippen molar-refractivity contribution in [3.05, 3.63) is 133 Å². The van der Waals surface area contributed by atoms with Crippen molar-refractivity contribution < 1.29 is 4.42 Å². The van der Waals surface area contributed by atoms with Crippen LogP contribution in [0.5, 0.6) is 0 Å². The summed E-state index contributed by atoms with van der Waals surface area (Å²) in [5.74, 6) is 0.698. The first-order chi connectivity index (χ1) is 21.7. The van der Waals surface area contributed by atoms with E-state index in [0.717, 1.165) is 73.9 Å². The number of hydrogen-bond acceptors (Lipinski definition) is 4. The number of aromatic nitrogens is 1. The minimum Gasteiger partial charge on any atom is -0.438 e. The number of benzene rings is 4. The molecule has 4 aromatic carbocycles. The number of nitriles is 1. The third-order valence-electron chi connectivity index (χ3n) is 8.52. The molecule has 0 fully saturated rings. The zero-order valence-electron chi connectivity index (χ0n) is 24.1. The standard InChI is InChI=1S/C39H28N4O/c1-41-38-33-14-5-6-15-37(33)44-39(38)42-20-8-11-30(25-42)28-10-7-9-27(22-28)29-17-19-35-34(23-29)32-18-16-26(24-40)21-36(32)43(35)31-12-3-2-4-13-31/h3,5-19,21-23,25H,1-2,4,20H2. The van der Waals surface area contributed by atoms with E-state index in [4.69, 9.17) is 4.42 Å². The van der Waals surface area contributed by atoms with E-state index in [2.05, 4.69) is 112 Å². The average Bonchev–Trinajstić information content (AvgIpc) is 3.63. The number of para-hydroxylation sites is 1. The first-order valence-electron chi connectivity index (χ1n) is 14.8. The van der Waals surface area contributed by atoms with Crippen LogP contribution in [0, 0.1) is 11.3 Å². The second-order valence-corrected chi connectivity index (χ2v) is 11.1. The summed E-state index contributed by atoms with van der Waals surface area (Å²) in [6.07, 6.45) is 15.2. The van der Waals surface area contributed by atoms with E-state index in [-0.39, 0.29) is 0 Å². The van der Waals surface area contributed by atoms with Crippen LogP contribution in [-0.4, -0.2) is 17.8 Å². The Labute approximate surface area is 255 Å². The van der Waals surface area contributed by atoms with Crippen molar-refractivity contribution in [1.82, 2.24) is 4.57 Å². The molecule has 2 aliphatic rings. The van der Waals surface area contributed by atoms with Crippen molar-refractivity contribution in [2.24, 2.45) is 4.99 Å². The van der Waals surface area contributed by atoms with E-state index in [9.17, 15) is 5.26 Å². The summed E-state index contributed by atoms with van der Waals surface area (Å²) in [6.45, 7) is 4.50. The molecule has 0 spiro atoms. The Hall–Kier alpha value is -5.86. The maximum atomic E-state index is 9.63. The highest BCUT2D eigenvalue weighted by atomic mass is 16.4. The number of aliphatic imine (C=N–C) groups is 1. The van der Waals surface area contributed by atoms with Crippen LogP contribution < -0.4 is 4.90 Å². The number of furan rings is 1. The van der Waals surface area contributed by atoms with Crippen LogP contribution in [0.2, 0.25) is 0 Å². The van der Waals surface area contributed by atoms with Crippen LogP contribution in [-0.2, 0) is 0 Å². The molecule has 6 aromatic rings. The summed E-state index contributed by atoms with van der Waals surface area (Å²) in [5, 5.41) is 12.9. The van der Waals surface area contributed by atoms with Crippen LogP contribution in [0.3, 0.4) is 0 Å². The molecule has 5 heteroatoms. The number of hydrogen-bond donors (Lipinski definition) is 0. The third kappa shape index (κ3) is 4.20. The van der Waals surface area contributed by atoms with E-state index < -0.39 is 0 Å². The van der Waals surface area contributed by atoms with Gasteiger partial charge in [0.25, 0.3) is 0 Å². The molecular weight excluding hydrogens is 540 g/mol. The molecule has 5 nitrogen and oxygen atoms in total. The number of rotatable bonds is 5. The van der Waals surface area contributed by atoms with Gasteiger partial charge < -0.3 is 13.9 Å². The highest BCUT2D eigenvalue weighted by Crippen LogP contribution is 2.41. The zero-order chi connectivity index (χ0) is 29.6. The maximum absolute atomic E-state index is 9.63. The van der Waals surface area contributed by atoms with E-state index in [1.165, 1.54) is 5.39 Å². The summed E-state index contributed by atoms with van der Waals surface area (Å²) in [6, 6.07) is 31.6. The lowest BCUT2D eigenvalue weighted by atomic mass is 9.97. The summed E-state index contributed by atoms with van der Waals surface area (Å²) in [4.78, 5) is 6.40. The average molecular weight is 569 g/mol. The van der Waals surface area contributed by atoms with Gasteiger partial charge in [0.15, 0.2) is 0 Å². The molecule has 0 amide bonds. The second-order valence-electron chi connectivity index (χ2n) is 11.1. The van der Waals surface area contributed by atoms with Gasteiger partial charge in [-0.25, -0.2) is 0 Å². The lowest BCUT2D eigenvalue weighted by Gasteiger charge is -2.21. The van der Waals surface area contributed by atoms with E-state index >= 15 is 0 Å². The molecule has 0 N–H and O–H groups in total. The monoisotopic (exact) mass is 568 g/mol. The SMILES string of the molecule is C=Nc1c(N2C=C(c3cccc(-c4ccc5c(c4)c4ccc(C#N)cc4n5C4=CCCC=C4)c3)C=CC2)oc2ccccc12. The summed E-state index contributed by atoms with van der Waals surface area (Å²) < 4.78 is 8.52. The highest BCUT2D eigenvalue weighted by Gasteiger charge is 2.20. The molecule has 0 saturated heterocycles. The number of nitrogens with zero attached hydrogens (tertiary/aromatic N) is 4. The Morgan fingerprint density at radius 3 is 2.52 bits per heavy atom. The van der Waals surface area contributed by atoms with Gasteiger partial charge in [-0.3, -0.25) is 4.99 Å². The largest absolute Gasteiger partial charge is 0.438 e. The summed E-state index contributed by atoms with van der Waals surface area (Å²) in [5.41, 5.74) is 10.1. The van der Waals surface area contributed by atoms with Crippen molar-refractivity contribution in [3.63, 3.8) is 0 Å². The van der Waals surface area contributed by atoms with Crippen LogP contribution in [0.15, 0.2) is 131 Å². The van der Waals surface area contributed by atoms with Crippen LogP contribution in [0.4, 0.5) is 11.6 Å². The van der Waals surface area contributed by atoms with Gasteiger partial charge in [0.2, 0.25) is 5.88 Å². The minimum absolute atomic E-state index is 0.663. The first kappa shape index (κ1) is 25.8. The van der Waals surface area contributed by atoms with Crippen molar-refractivity contribution in [1.29, 1.82) is 5.26 Å². The van der Waals surface area contributed by atoms with Crippen LogP contribution in [0.25, 0.3) is 55.2 Å². The normalized spacial score (nSPS) is 14.7. The predicted molar refractivity (Wildman–Crippen MR) is 182 cm³/mol. The molecular formula is C39H28N4O. The van der Waals surface area contributed by atoms with E-state index in [1.54, 1.807) is 0 Å². The molecule has 1 aliphatic carbocycles. The maximum Gasteiger partial charge on any atom is 0.226 e. The fourth-order valence-electron chi connectivity index (χ4n) is 6.43. The molecule has 8 rings (SSSR count). The van der Waals surface area contributed by atoms with Crippen molar-refractivity contribution >= 4 is 62.3 Å². The molecule has 0 bridgehead atoms. The molecule has 3 heterocycles. The highest BCUT2D eigenvalue weighted by molar-refractivity contribution is 6.12. The topological polar surface area (TPSA) is 57.5 Å². The Kier molecular flexibility index (Phi) is 6.13. The molecule has 44 heavy (non-hydrogen) atoms. The predicted octanol–water partition coefficient (Wildman–Crippen LogP) is 10.0. The molecule has 0 radical (unpaired) electrons. The second kappa shape index (κ2) is 10.4. The van der Waals surface area contributed by atoms with Crippen LogP contribution >= 0.6 is 0 Å². The van der Waals surface area contributed by atoms with E-state index in [1.807, 2.05) is 36.4 Å². The van der Waals surface area contributed by atoms with Crippen LogP contribution in [0.1, 0.15) is 24.0 Å². The minimum atomic E-state index is 0.663. The summed E-state index contributed by atoms with van der Waals surface area (Å²) in [7, 11) is 0. The van der Waals surface area contributed by atoms with Crippen molar-refractivity contribution in [2.75, 3.05) is 11.4 Å².